The van der Waals surface area contributed by atoms with Crippen molar-refractivity contribution >= 4 is 5.69 Å². The van der Waals surface area contributed by atoms with Crippen molar-refractivity contribution in [1.29, 1.82) is 0 Å². The number of aromatic hydroxyl groups is 1. The highest BCUT2D eigenvalue weighted by molar-refractivity contribution is 5.49. The molecule has 0 aliphatic rings. The van der Waals surface area contributed by atoms with Crippen molar-refractivity contribution in [3.05, 3.63) is 33.9 Å². The van der Waals surface area contributed by atoms with E-state index < -0.39 is 34.0 Å². The lowest BCUT2D eigenvalue weighted by Crippen LogP contribution is -2.51. The third-order valence-corrected chi connectivity index (χ3v) is 3.05. The minimum Gasteiger partial charge on any atom is -0.502 e. The fourth-order valence-electron chi connectivity index (χ4n) is 1.66. The number of nitro benzene ring substituents is 1. The van der Waals surface area contributed by atoms with Gasteiger partial charge in [0.05, 0.1) is 4.92 Å². The van der Waals surface area contributed by atoms with E-state index in [4.69, 9.17) is 5.73 Å². The minimum atomic E-state index is -4.63. The van der Waals surface area contributed by atoms with Gasteiger partial charge in [0, 0.05) is 11.5 Å². The summed E-state index contributed by atoms with van der Waals surface area (Å²) < 4.78 is 38.0. The van der Waals surface area contributed by atoms with Crippen LogP contribution in [0.1, 0.15) is 19.4 Å². The van der Waals surface area contributed by atoms with E-state index in [0.717, 1.165) is 12.1 Å². The van der Waals surface area contributed by atoms with Crippen molar-refractivity contribution in [2.45, 2.75) is 31.5 Å². The normalized spacial score (nSPS) is 14.2. The van der Waals surface area contributed by atoms with Crippen LogP contribution in [-0.4, -0.2) is 22.2 Å². The molecule has 1 unspecified atom stereocenters. The second-order valence-corrected chi connectivity index (χ2v) is 4.70. The van der Waals surface area contributed by atoms with Gasteiger partial charge in [-0.3, -0.25) is 10.1 Å². The molecule has 0 aliphatic heterocycles. The van der Waals surface area contributed by atoms with Crippen molar-refractivity contribution < 1.29 is 23.2 Å². The molecule has 1 atom stereocenters. The van der Waals surface area contributed by atoms with E-state index in [1.807, 2.05) is 0 Å². The monoisotopic (exact) mass is 278 g/mol. The lowest BCUT2D eigenvalue weighted by Gasteiger charge is -2.33. The van der Waals surface area contributed by atoms with Gasteiger partial charge in [0.1, 0.15) is 6.04 Å². The first-order valence-electron chi connectivity index (χ1n) is 5.28. The topological polar surface area (TPSA) is 89.4 Å². The Morgan fingerprint density at radius 1 is 1.37 bits per heavy atom. The molecule has 0 spiro atoms. The standard InChI is InChI=1S/C11H13F3N2O3/c1-10(2,9(15)11(12,13)14)6-3-4-8(17)7(5-6)16(18)19/h3-5,9,17H,15H2,1-2H3. The molecule has 1 rings (SSSR count). The predicted molar refractivity (Wildman–Crippen MR) is 61.8 cm³/mol. The quantitative estimate of drug-likeness (QED) is 0.656. The maximum absolute atomic E-state index is 12.7. The number of alkyl halides is 3. The van der Waals surface area contributed by atoms with Gasteiger partial charge >= 0.3 is 11.9 Å². The molecule has 0 amide bonds. The Kier molecular flexibility index (Phi) is 3.76. The highest BCUT2D eigenvalue weighted by Crippen LogP contribution is 2.38. The van der Waals surface area contributed by atoms with E-state index in [-0.39, 0.29) is 5.56 Å². The van der Waals surface area contributed by atoms with Crippen LogP contribution in [-0.2, 0) is 5.41 Å². The summed E-state index contributed by atoms with van der Waals surface area (Å²) in [4.78, 5) is 9.79. The molecule has 8 heteroatoms. The van der Waals surface area contributed by atoms with Crippen LogP contribution in [0.5, 0.6) is 5.75 Å². The van der Waals surface area contributed by atoms with Crippen LogP contribution >= 0.6 is 0 Å². The van der Waals surface area contributed by atoms with Crippen LogP contribution in [0, 0.1) is 10.1 Å². The first-order valence-corrected chi connectivity index (χ1v) is 5.28. The maximum Gasteiger partial charge on any atom is 0.404 e. The highest BCUT2D eigenvalue weighted by Gasteiger charge is 2.47. The van der Waals surface area contributed by atoms with Gasteiger partial charge in [-0.25, -0.2) is 0 Å². The van der Waals surface area contributed by atoms with Crippen molar-refractivity contribution in [2.75, 3.05) is 0 Å². The van der Waals surface area contributed by atoms with Gasteiger partial charge in [0.2, 0.25) is 0 Å². The molecule has 0 saturated carbocycles. The van der Waals surface area contributed by atoms with E-state index in [1.165, 1.54) is 19.9 Å². The molecule has 3 N–H and O–H groups in total. The van der Waals surface area contributed by atoms with Gasteiger partial charge in [-0.05, 0) is 11.6 Å². The number of phenols is 1. The van der Waals surface area contributed by atoms with E-state index in [2.05, 4.69) is 0 Å². The molecule has 5 nitrogen and oxygen atoms in total. The Labute approximate surface area is 107 Å². The lowest BCUT2D eigenvalue weighted by atomic mass is 9.77. The summed E-state index contributed by atoms with van der Waals surface area (Å²) in [5.41, 5.74) is 2.99. The molecule has 0 aromatic heterocycles. The van der Waals surface area contributed by atoms with E-state index in [1.54, 1.807) is 0 Å². The molecule has 0 saturated heterocycles. The van der Waals surface area contributed by atoms with Crippen molar-refractivity contribution in [1.82, 2.24) is 0 Å². The zero-order valence-corrected chi connectivity index (χ0v) is 10.2. The summed E-state index contributed by atoms with van der Waals surface area (Å²) in [6.45, 7) is 2.47. The summed E-state index contributed by atoms with van der Waals surface area (Å²) in [6.07, 6.45) is -4.63. The summed E-state index contributed by atoms with van der Waals surface area (Å²) >= 11 is 0. The van der Waals surface area contributed by atoms with Crippen molar-refractivity contribution in [2.24, 2.45) is 5.73 Å². The van der Waals surface area contributed by atoms with Crippen LogP contribution in [0.4, 0.5) is 18.9 Å². The number of rotatable bonds is 3. The maximum atomic E-state index is 12.7. The van der Waals surface area contributed by atoms with E-state index >= 15 is 0 Å². The highest BCUT2D eigenvalue weighted by atomic mass is 19.4. The van der Waals surface area contributed by atoms with Gasteiger partial charge < -0.3 is 10.8 Å². The zero-order chi connectivity index (χ0) is 15.0. The number of benzene rings is 1. The van der Waals surface area contributed by atoms with Crippen LogP contribution in [0.3, 0.4) is 0 Å². The molecule has 0 bridgehead atoms. The summed E-state index contributed by atoms with van der Waals surface area (Å²) in [5.74, 6) is -0.606. The SMILES string of the molecule is CC(C)(c1ccc(O)c([N+](=O)[O-])c1)C(N)C(F)(F)F. The number of nitro groups is 1. The number of nitrogens with zero attached hydrogens (tertiary/aromatic N) is 1. The number of phenolic OH excluding ortho intramolecular Hbond substituents is 1. The number of halogens is 3. The van der Waals surface area contributed by atoms with Gasteiger partial charge in [-0.1, -0.05) is 19.9 Å². The van der Waals surface area contributed by atoms with E-state index in [9.17, 15) is 28.4 Å². The van der Waals surface area contributed by atoms with Gasteiger partial charge in [0.15, 0.2) is 5.75 Å². The largest absolute Gasteiger partial charge is 0.502 e. The Balaban J connectivity index is 3.30. The van der Waals surface area contributed by atoms with Crippen molar-refractivity contribution in [3.8, 4) is 5.75 Å². The molecule has 0 aliphatic carbocycles. The fraction of sp³-hybridized carbons (Fsp3) is 0.455. The summed E-state index contributed by atoms with van der Waals surface area (Å²) in [6, 6.07) is 0.900. The van der Waals surface area contributed by atoms with E-state index in [0.29, 0.717) is 0 Å². The molecular formula is C11H13F3N2O3. The van der Waals surface area contributed by atoms with Gasteiger partial charge in [-0.2, -0.15) is 13.2 Å². The summed E-state index contributed by atoms with van der Waals surface area (Å²) in [5, 5.41) is 19.9. The third kappa shape index (κ3) is 2.95. The first-order chi connectivity index (χ1) is 8.48. The Morgan fingerprint density at radius 3 is 2.32 bits per heavy atom. The second kappa shape index (κ2) is 4.69. The van der Waals surface area contributed by atoms with Crippen LogP contribution in [0.25, 0.3) is 0 Å². The molecule has 0 radical (unpaired) electrons. The molecule has 1 aromatic rings. The number of hydrogen-bond acceptors (Lipinski definition) is 4. The third-order valence-electron chi connectivity index (χ3n) is 3.05. The molecule has 0 heterocycles. The lowest BCUT2D eigenvalue weighted by molar-refractivity contribution is -0.386. The first kappa shape index (κ1) is 15.2. The molecule has 1 aromatic carbocycles. The van der Waals surface area contributed by atoms with Crippen LogP contribution in [0.2, 0.25) is 0 Å². The predicted octanol–water partition coefficient (Wildman–Crippen LogP) is 2.47. The average molecular weight is 278 g/mol. The molecular weight excluding hydrogens is 265 g/mol. The van der Waals surface area contributed by atoms with Crippen LogP contribution in [0.15, 0.2) is 18.2 Å². The van der Waals surface area contributed by atoms with Crippen LogP contribution < -0.4 is 5.73 Å². The Bertz CT molecular complexity index is 500. The van der Waals surface area contributed by atoms with Gasteiger partial charge in [-0.15, -0.1) is 0 Å². The molecule has 106 valence electrons. The summed E-state index contributed by atoms with van der Waals surface area (Å²) in [7, 11) is 0. The number of hydrogen-bond donors (Lipinski definition) is 2. The smallest absolute Gasteiger partial charge is 0.404 e. The number of nitrogens with two attached hydrogens (primary N) is 1. The Hall–Kier alpha value is -1.83. The van der Waals surface area contributed by atoms with Gasteiger partial charge in [0.25, 0.3) is 0 Å². The second-order valence-electron chi connectivity index (χ2n) is 4.70. The molecule has 0 fully saturated rings. The average Bonchev–Trinajstić information content (AvgIpc) is 2.26. The van der Waals surface area contributed by atoms with Crippen molar-refractivity contribution in [3.63, 3.8) is 0 Å². The minimum absolute atomic E-state index is 0.0295. The molecule has 19 heavy (non-hydrogen) atoms. The fourth-order valence-corrected chi connectivity index (χ4v) is 1.66. The Morgan fingerprint density at radius 2 is 1.89 bits per heavy atom. The zero-order valence-electron chi connectivity index (χ0n) is 10.2.